The van der Waals surface area contributed by atoms with Crippen LogP contribution in [0.1, 0.15) is 5.69 Å². The van der Waals surface area contributed by atoms with Crippen LogP contribution >= 0.6 is 0 Å². The average molecular weight is 304 g/mol. The van der Waals surface area contributed by atoms with E-state index < -0.39 is 0 Å². The number of aromatic amines is 1. The topological polar surface area (TPSA) is 80.6 Å². The summed E-state index contributed by atoms with van der Waals surface area (Å²) in [6, 6.07) is 16.2. The number of hydrogen-bond donors (Lipinski definition) is 1. The lowest BCUT2D eigenvalue weighted by Gasteiger charge is -2.06. The Morgan fingerprint density at radius 1 is 0.957 bits per heavy atom. The highest BCUT2D eigenvalue weighted by molar-refractivity contribution is 5.81. The fourth-order valence-electron chi connectivity index (χ4n) is 2.64. The molecule has 0 spiro atoms. The highest BCUT2D eigenvalue weighted by Crippen LogP contribution is 2.10. The van der Waals surface area contributed by atoms with Crippen molar-refractivity contribution in [3.63, 3.8) is 0 Å². The summed E-state index contributed by atoms with van der Waals surface area (Å²) in [4.78, 5) is 27.3. The normalized spacial score (nSPS) is 11.1. The van der Waals surface area contributed by atoms with Gasteiger partial charge in [0, 0.05) is 11.1 Å². The zero-order valence-electron chi connectivity index (χ0n) is 12.1. The van der Waals surface area contributed by atoms with E-state index in [-0.39, 0.29) is 17.7 Å². The molecule has 2 heterocycles. The molecule has 0 saturated carbocycles. The minimum Gasteiger partial charge on any atom is -0.324 e. The predicted molar refractivity (Wildman–Crippen MR) is 87.5 cm³/mol. The van der Waals surface area contributed by atoms with Gasteiger partial charge in [0.2, 0.25) is 0 Å². The molecule has 4 rings (SSSR count). The number of pyridine rings is 1. The van der Waals surface area contributed by atoms with Crippen molar-refractivity contribution in [2.75, 3.05) is 0 Å². The van der Waals surface area contributed by atoms with E-state index in [1.54, 1.807) is 24.3 Å². The van der Waals surface area contributed by atoms with E-state index >= 15 is 0 Å². The Bertz CT molecular complexity index is 1140. The molecular weight excluding hydrogens is 292 g/mol. The van der Waals surface area contributed by atoms with Crippen molar-refractivity contribution in [2.45, 2.75) is 6.54 Å². The van der Waals surface area contributed by atoms with Crippen molar-refractivity contribution in [3.05, 3.63) is 81.0 Å². The van der Waals surface area contributed by atoms with Gasteiger partial charge in [0.05, 0.1) is 11.9 Å². The van der Waals surface area contributed by atoms with Crippen LogP contribution in [0.3, 0.4) is 0 Å². The molecule has 0 amide bonds. The largest absolute Gasteiger partial charge is 0.324 e. The highest BCUT2D eigenvalue weighted by atomic mass is 16.1. The fraction of sp³-hybridized carbons (Fsp3) is 0.0588. The van der Waals surface area contributed by atoms with Gasteiger partial charge in [-0.25, -0.2) is 4.68 Å². The number of rotatable bonds is 2. The van der Waals surface area contributed by atoms with E-state index in [2.05, 4.69) is 15.3 Å². The van der Waals surface area contributed by atoms with E-state index in [0.29, 0.717) is 22.0 Å². The Kier molecular flexibility index (Phi) is 3.01. The summed E-state index contributed by atoms with van der Waals surface area (Å²) in [5, 5.41) is 9.94. The number of hydrogen-bond acceptors (Lipinski definition) is 4. The van der Waals surface area contributed by atoms with Crippen molar-refractivity contribution in [3.8, 4) is 0 Å². The van der Waals surface area contributed by atoms with Crippen molar-refractivity contribution in [1.29, 1.82) is 0 Å². The first kappa shape index (κ1) is 13.4. The van der Waals surface area contributed by atoms with Crippen molar-refractivity contribution >= 4 is 21.7 Å². The molecule has 0 atom stereocenters. The van der Waals surface area contributed by atoms with Gasteiger partial charge in [0.1, 0.15) is 5.52 Å². The van der Waals surface area contributed by atoms with Crippen LogP contribution in [0.25, 0.3) is 21.7 Å². The second-order valence-electron chi connectivity index (χ2n) is 5.28. The van der Waals surface area contributed by atoms with Crippen LogP contribution in [0.4, 0.5) is 0 Å². The molecule has 0 unspecified atom stereocenters. The number of benzene rings is 2. The summed E-state index contributed by atoms with van der Waals surface area (Å²) >= 11 is 0. The van der Waals surface area contributed by atoms with E-state index in [9.17, 15) is 9.59 Å². The van der Waals surface area contributed by atoms with Crippen LogP contribution in [0.15, 0.2) is 64.2 Å². The summed E-state index contributed by atoms with van der Waals surface area (Å²) in [6.07, 6.45) is 0. The zero-order valence-corrected chi connectivity index (χ0v) is 12.1. The molecule has 0 bridgehead atoms. The summed E-state index contributed by atoms with van der Waals surface area (Å²) in [5.74, 6) is 0. The molecule has 0 aliphatic carbocycles. The van der Waals surface area contributed by atoms with E-state index in [1.807, 2.05) is 30.3 Å². The van der Waals surface area contributed by atoms with Crippen LogP contribution in [0.2, 0.25) is 0 Å². The summed E-state index contributed by atoms with van der Waals surface area (Å²) in [6.45, 7) is 0.163. The fourth-order valence-corrected chi connectivity index (χ4v) is 2.64. The molecule has 0 aliphatic rings. The minimum absolute atomic E-state index is 0.163. The summed E-state index contributed by atoms with van der Waals surface area (Å²) in [7, 11) is 0. The first-order chi connectivity index (χ1) is 11.2. The third kappa shape index (κ3) is 2.30. The zero-order chi connectivity index (χ0) is 15.8. The molecule has 0 saturated heterocycles. The second-order valence-corrected chi connectivity index (χ2v) is 5.28. The third-order valence-corrected chi connectivity index (χ3v) is 3.76. The highest BCUT2D eigenvalue weighted by Gasteiger charge is 2.07. The Balaban J connectivity index is 1.83. The minimum atomic E-state index is -0.232. The number of fused-ring (bicyclic) bond motifs is 2. The van der Waals surface area contributed by atoms with Gasteiger partial charge in [0.15, 0.2) is 0 Å². The lowest BCUT2D eigenvalue weighted by molar-refractivity contribution is 0.592. The Morgan fingerprint density at radius 3 is 2.57 bits per heavy atom. The van der Waals surface area contributed by atoms with E-state index in [1.165, 1.54) is 4.68 Å². The molecule has 23 heavy (non-hydrogen) atoms. The third-order valence-electron chi connectivity index (χ3n) is 3.76. The smallest absolute Gasteiger partial charge is 0.277 e. The van der Waals surface area contributed by atoms with Crippen molar-refractivity contribution < 1.29 is 0 Å². The van der Waals surface area contributed by atoms with Crippen molar-refractivity contribution in [1.82, 2.24) is 20.0 Å². The maximum absolute atomic E-state index is 12.4. The number of aromatic nitrogens is 4. The van der Waals surface area contributed by atoms with Crippen LogP contribution in [0, 0.1) is 0 Å². The van der Waals surface area contributed by atoms with E-state index in [0.717, 1.165) is 5.39 Å². The quantitative estimate of drug-likeness (QED) is 0.611. The molecule has 2 aromatic heterocycles. The molecule has 6 nitrogen and oxygen atoms in total. The van der Waals surface area contributed by atoms with Gasteiger partial charge in [-0.15, -0.1) is 5.10 Å². The van der Waals surface area contributed by atoms with Gasteiger partial charge in [-0.05, 0) is 29.7 Å². The van der Waals surface area contributed by atoms with Gasteiger partial charge >= 0.3 is 0 Å². The van der Waals surface area contributed by atoms with Gasteiger partial charge in [-0.2, -0.15) is 0 Å². The molecule has 0 aliphatic heterocycles. The second kappa shape index (κ2) is 5.17. The Labute approximate surface area is 130 Å². The molecule has 0 fully saturated rings. The van der Waals surface area contributed by atoms with Crippen LogP contribution < -0.4 is 11.1 Å². The predicted octanol–water partition coefficient (Wildman–Crippen LogP) is 1.68. The lowest BCUT2D eigenvalue weighted by atomic mass is 10.1. The summed E-state index contributed by atoms with van der Waals surface area (Å²) in [5.41, 5.74) is 0.755. The molecular formula is C17H12N4O2. The monoisotopic (exact) mass is 304 g/mol. The summed E-state index contributed by atoms with van der Waals surface area (Å²) < 4.78 is 1.25. The average Bonchev–Trinajstić information content (AvgIpc) is 2.58. The Morgan fingerprint density at radius 2 is 1.70 bits per heavy atom. The SMILES string of the molecule is O=c1[nH]c(Cn2nnc3ccccc3c2=O)cc2ccccc12. The van der Waals surface area contributed by atoms with Crippen LogP contribution in [0.5, 0.6) is 0 Å². The Hall–Kier alpha value is -3.28. The maximum atomic E-state index is 12.4. The molecule has 112 valence electrons. The van der Waals surface area contributed by atoms with Crippen LogP contribution in [-0.4, -0.2) is 20.0 Å². The van der Waals surface area contributed by atoms with E-state index in [4.69, 9.17) is 0 Å². The van der Waals surface area contributed by atoms with Crippen LogP contribution in [-0.2, 0) is 6.54 Å². The molecule has 2 aromatic carbocycles. The maximum Gasteiger partial charge on any atom is 0.277 e. The molecule has 6 heteroatoms. The van der Waals surface area contributed by atoms with Crippen molar-refractivity contribution in [2.24, 2.45) is 0 Å². The standard InChI is InChI=1S/C17H12N4O2/c22-16-13-6-2-1-5-11(13)9-12(18-16)10-21-17(23)14-7-3-4-8-15(14)19-20-21/h1-9H,10H2,(H,18,22). The molecule has 0 radical (unpaired) electrons. The first-order valence-electron chi connectivity index (χ1n) is 7.16. The van der Waals surface area contributed by atoms with Gasteiger partial charge < -0.3 is 4.98 Å². The molecule has 1 N–H and O–H groups in total. The number of nitrogens with one attached hydrogen (secondary N) is 1. The number of H-pyrrole nitrogens is 1. The first-order valence-corrected chi connectivity index (χ1v) is 7.16. The van der Waals surface area contributed by atoms with Gasteiger partial charge in [-0.1, -0.05) is 35.5 Å². The number of nitrogens with zero attached hydrogens (tertiary/aromatic N) is 3. The molecule has 4 aromatic rings. The van der Waals surface area contributed by atoms with Gasteiger partial charge in [0.25, 0.3) is 11.1 Å². The lowest BCUT2D eigenvalue weighted by Crippen LogP contribution is -2.26. The van der Waals surface area contributed by atoms with Gasteiger partial charge in [-0.3, -0.25) is 9.59 Å².